The smallest absolute Gasteiger partial charge is 0.337 e. The van der Waals surface area contributed by atoms with Crippen molar-refractivity contribution in [1.82, 2.24) is 4.98 Å². The van der Waals surface area contributed by atoms with Gasteiger partial charge >= 0.3 is 5.97 Å². The number of pyridine rings is 1. The van der Waals surface area contributed by atoms with E-state index in [1.807, 2.05) is 0 Å². The summed E-state index contributed by atoms with van der Waals surface area (Å²) >= 11 is 11.4. The van der Waals surface area contributed by atoms with Gasteiger partial charge in [0, 0.05) is 11.9 Å². The molecule has 1 aromatic heterocycles. The highest BCUT2D eigenvalue weighted by Crippen LogP contribution is 2.23. The number of hydrogen-bond donors (Lipinski definition) is 2. The number of aromatic nitrogens is 1. The lowest BCUT2D eigenvalue weighted by Gasteiger charge is -2.09. The van der Waals surface area contributed by atoms with E-state index in [1.165, 1.54) is 30.5 Å². The summed E-state index contributed by atoms with van der Waals surface area (Å²) in [6.07, 6.45) is 1.25. The molecule has 0 aliphatic heterocycles. The first kappa shape index (κ1) is 15.6. The number of anilines is 1. The third kappa shape index (κ3) is 3.63. The largest absolute Gasteiger partial charge is 0.478 e. The Morgan fingerprint density at radius 2 is 1.90 bits per heavy atom. The van der Waals surface area contributed by atoms with Crippen LogP contribution < -0.4 is 4.72 Å². The van der Waals surface area contributed by atoms with E-state index in [1.54, 1.807) is 0 Å². The first-order chi connectivity index (χ1) is 9.79. The number of hydrogen-bond acceptors (Lipinski definition) is 4. The van der Waals surface area contributed by atoms with Crippen molar-refractivity contribution in [2.24, 2.45) is 0 Å². The summed E-state index contributed by atoms with van der Waals surface area (Å²) in [4.78, 5) is 14.6. The second-order valence-electron chi connectivity index (χ2n) is 3.92. The van der Waals surface area contributed by atoms with Gasteiger partial charge < -0.3 is 5.11 Å². The van der Waals surface area contributed by atoms with Gasteiger partial charge in [0.15, 0.2) is 0 Å². The number of nitrogens with one attached hydrogen (secondary N) is 1. The molecule has 0 radical (unpaired) electrons. The van der Waals surface area contributed by atoms with Gasteiger partial charge in [-0.1, -0.05) is 23.2 Å². The van der Waals surface area contributed by atoms with E-state index in [4.69, 9.17) is 28.3 Å². The summed E-state index contributed by atoms with van der Waals surface area (Å²) in [5.74, 6) is -1.26. The van der Waals surface area contributed by atoms with Gasteiger partial charge in [0.1, 0.15) is 5.15 Å². The van der Waals surface area contributed by atoms with Gasteiger partial charge in [0.25, 0.3) is 10.0 Å². The zero-order chi connectivity index (χ0) is 15.6. The maximum Gasteiger partial charge on any atom is 0.337 e. The molecule has 0 bridgehead atoms. The van der Waals surface area contributed by atoms with Crippen LogP contribution in [0.5, 0.6) is 0 Å². The van der Waals surface area contributed by atoms with E-state index < -0.39 is 16.0 Å². The van der Waals surface area contributed by atoms with E-state index in [0.29, 0.717) is 0 Å². The van der Waals surface area contributed by atoms with Crippen molar-refractivity contribution in [1.29, 1.82) is 0 Å². The summed E-state index contributed by atoms with van der Waals surface area (Å²) in [6.45, 7) is 0. The molecule has 1 aromatic carbocycles. The highest BCUT2D eigenvalue weighted by molar-refractivity contribution is 7.92. The Morgan fingerprint density at radius 3 is 2.52 bits per heavy atom. The Balaban J connectivity index is 2.37. The Hall–Kier alpha value is -1.83. The summed E-state index contributed by atoms with van der Waals surface area (Å²) in [5.41, 5.74) is -0.130. The third-order valence-corrected chi connectivity index (χ3v) is 4.37. The fourth-order valence-electron chi connectivity index (χ4n) is 1.52. The molecule has 0 saturated carbocycles. The maximum atomic E-state index is 12.1. The minimum Gasteiger partial charge on any atom is -0.478 e. The minimum atomic E-state index is -3.90. The molecule has 0 amide bonds. The topological polar surface area (TPSA) is 96.4 Å². The van der Waals surface area contributed by atoms with E-state index in [0.717, 1.165) is 6.07 Å². The van der Waals surface area contributed by atoms with Gasteiger partial charge in [-0.3, -0.25) is 4.72 Å². The number of carboxylic acids is 1. The van der Waals surface area contributed by atoms with E-state index >= 15 is 0 Å². The number of aromatic carboxylic acids is 1. The van der Waals surface area contributed by atoms with Crippen LogP contribution in [0.3, 0.4) is 0 Å². The van der Waals surface area contributed by atoms with Crippen molar-refractivity contribution >= 4 is 44.9 Å². The zero-order valence-corrected chi connectivity index (χ0v) is 12.6. The van der Waals surface area contributed by atoms with Crippen molar-refractivity contribution in [3.05, 3.63) is 52.3 Å². The molecule has 0 atom stereocenters. The first-order valence-electron chi connectivity index (χ1n) is 5.47. The van der Waals surface area contributed by atoms with Gasteiger partial charge in [-0.15, -0.1) is 0 Å². The van der Waals surface area contributed by atoms with Crippen LogP contribution >= 0.6 is 23.2 Å². The fraction of sp³-hybridized carbons (Fsp3) is 0. The molecule has 0 aliphatic carbocycles. The van der Waals surface area contributed by atoms with Crippen molar-refractivity contribution in [2.45, 2.75) is 4.90 Å². The average Bonchev–Trinajstić information content (AvgIpc) is 2.40. The van der Waals surface area contributed by atoms with Crippen LogP contribution in [0.2, 0.25) is 10.2 Å². The Labute approximate surface area is 130 Å². The molecule has 2 aromatic rings. The number of carbonyl (C=O) groups is 1. The van der Waals surface area contributed by atoms with E-state index in [2.05, 4.69) is 9.71 Å². The molecule has 0 unspecified atom stereocenters. The second kappa shape index (κ2) is 5.88. The molecule has 9 heteroatoms. The number of benzene rings is 1. The van der Waals surface area contributed by atoms with Crippen LogP contribution in [-0.2, 0) is 10.0 Å². The molecule has 1 heterocycles. The van der Waals surface area contributed by atoms with Crippen LogP contribution in [0.15, 0.2) is 41.4 Å². The second-order valence-corrected chi connectivity index (χ2v) is 6.40. The highest BCUT2D eigenvalue weighted by atomic mass is 35.5. The molecule has 0 spiro atoms. The monoisotopic (exact) mass is 346 g/mol. The minimum absolute atomic E-state index is 0.0115. The summed E-state index contributed by atoms with van der Waals surface area (Å²) < 4.78 is 26.5. The Morgan fingerprint density at radius 1 is 1.19 bits per heavy atom. The van der Waals surface area contributed by atoms with Gasteiger partial charge in [-0.25, -0.2) is 18.2 Å². The maximum absolute atomic E-state index is 12.1. The molecule has 2 rings (SSSR count). The van der Waals surface area contributed by atoms with Crippen molar-refractivity contribution in [2.75, 3.05) is 4.72 Å². The van der Waals surface area contributed by atoms with Crippen LogP contribution in [0, 0.1) is 0 Å². The fourth-order valence-corrected chi connectivity index (χ4v) is 3.02. The van der Waals surface area contributed by atoms with Crippen LogP contribution in [0.4, 0.5) is 5.69 Å². The molecule has 0 fully saturated rings. The predicted octanol–water partition coefficient (Wildman–Crippen LogP) is 2.89. The summed E-state index contributed by atoms with van der Waals surface area (Å²) in [6, 6.07) is 6.22. The van der Waals surface area contributed by atoms with Crippen molar-refractivity contribution in [3.8, 4) is 0 Å². The molecular formula is C12H8Cl2N2O4S. The van der Waals surface area contributed by atoms with Gasteiger partial charge in [-0.05, 0) is 30.3 Å². The molecule has 21 heavy (non-hydrogen) atoms. The standard InChI is InChI=1S/C12H8Cl2N2O4S/c13-10-2-1-7(5-9(10)12(17)18)16-21(19,20)8-3-4-15-11(14)6-8/h1-6,16H,(H,17,18). The van der Waals surface area contributed by atoms with E-state index in [9.17, 15) is 13.2 Å². The quantitative estimate of drug-likeness (QED) is 0.829. The van der Waals surface area contributed by atoms with Gasteiger partial charge in [0.2, 0.25) is 0 Å². The van der Waals surface area contributed by atoms with Crippen LogP contribution in [-0.4, -0.2) is 24.5 Å². The predicted molar refractivity (Wildman–Crippen MR) is 78.5 cm³/mol. The van der Waals surface area contributed by atoms with Gasteiger partial charge in [-0.2, -0.15) is 0 Å². The number of sulfonamides is 1. The van der Waals surface area contributed by atoms with Crippen molar-refractivity contribution in [3.63, 3.8) is 0 Å². The third-order valence-electron chi connectivity index (χ3n) is 2.46. The molecular weight excluding hydrogens is 339 g/mol. The molecule has 2 N–H and O–H groups in total. The van der Waals surface area contributed by atoms with Crippen LogP contribution in [0.25, 0.3) is 0 Å². The van der Waals surface area contributed by atoms with Crippen LogP contribution in [0.1, 0.15) is 10.4 Å². The summed E-state index contributed by atoms with van der Waals surface area (Å²) in [7, 11) is -3.90. The molecule has 6 nitrogen and oxygen atoms in total. The number of rotatable bonds is 4. The first-order valence-corrected chi connectivity index (χ1v) is 7.71. The average molecular weight is 347 g/mol. The molecule has 110 valence electrons. The lowest BCUT2D eigenvalue weighted by atomic mass is 10.2. The Bertz CT molecular complexity index is 809. The lowest BCUT2D eigenvalue weighted by molar-refractivity contribution is 0.0697. The lowest BCUT2D eigenvalue weighted by Crippen LogP contribution is -2.13. The molecule has 0 aliphatic rings. The van der Waals surface area contributed by atoms with Gasteiger partial charge in [0.05, 0.1) is 15.5 Å². The van der Waals surface area contributed by atoms with E-state index in [-0.39, 0.29) is 26.3 Å². The normalized spacial score (nSPS) is 11.1. The highest BCUT2D eigenvalue weighted by Gasteiger charge is 2.17. The van der Waals surface area contributed by atoms with Crippen molar-refractivity contribution < 1.29 is 18.3 Å². The number of carboxylic acid groups (broad SMARTS) is 1. The SMILES string of the molecule is O=C(O)c1cc(NS(=O)(=O)c2ccnc(Cl)c2)ccc1Cl. The number of halogens is 2. The summed E-state index contributed by atoms with van der Waals surface area (Å²) in [5, 5.41) is 8.99. The number of nitrogens with zero attached hydrogens (tertiary/aromatic N) is 1. The molecule has 0 saturated heterocycles. The zero-order valence-electron chi connectivity index (χ0n) is 10.2. The Kier molecular flexibility index (Phi) is 4.36.